The van der Waals surface area contributed by atoms with Crippen molar-refractivity contribution in [3.8, 4) is 5.75 Å². The largest absolute Gasteiger partial charge is 0.492 e. The van der Waals surface area contributed by atoms with Gasteiger partial charge in [-0.05, 0) is 45.7 Å². The Bertz CT molecular complexity index is 522. The second-order valence-electron chi connectivity index (χ2n) is 6.88. The molecule has 0 radical (unpaired) electrons. The third kappa shape index (κ3) is 6.36. The fourth-order valence-corrected chi connectivity index (χ4v) is 2.33. The van der Waals surface area contributed by atoms with Crippen LogP contribution in [0.3, 0.4) is 0 Å². The predicted octanol–water partition coefficient (Wildman–Crippen LogP) is 2.49. The van der Waals surface area contributed by atoms with Gasteiger partial charge < -0.3 is 25.8 Å². The summed E-state index contributed by atoms with van der Waals surface area (Å²) >= 11 is 0. The number of amides is 1. The Morgan fingerprint density at radius 2 is 2.09 bits per heavy atom. The summed E-state index contributed by atoms with van der Waals surface area (Å²) in [4.78, 5) is 11.5. The average Bonchev–Trinajstić information content (AvgIpc) is 2.40. The van der Waals surface area contributed by atoms with Crippen molar-refractivity contribution in [2.45, 2.75) is 51.3 Å². The van der Waals surface area contributed by atoms with Crippen molar-refractivity contribution in [2.75, 3.05) is 18.5 Å². The molecule has 0 heterocycles. The number of alkyl carbamates (subject to hydrolysis) is 1. The molecule has 0 aromatic heterocycles. The minimum absolute atomic E-state index is 0.325. The summed E-state index contributed by atoms with van der Waals surface area (Å²) in [5.74, 6) is 0.768. The van der Waals surface area contributed by atoms with Gasteiger partial charge in [0.1, 0.15) is 18.0 Å². The first-order valence-corrected chi connectivity index (χ1v) is 8.04. The van der Waals surface area contributed by atoms with Crippen molar-refractivity contribution in [1.29, 1.82) is 0 Å². The number of benzene rings is 1. The van der Waals surface area contributed by atoms with Gasteiger partial charge in [0.2, 0.25) is 0 Å². The van der Waals surface area contributed by atoms with E-state index in [1.54, 1.807) is 0 Å². The van der Waals surface area contributed by atoms with E-state index in [4.69, 9.17) is 15.2 Å². The smallest absolute Gasteiger partial charge is 0.407 e. The number of carbonyl (C=O) groups is 1. The van der Waals surface area contributed by atoms with Crippen LogP contribution in [0.25, 0.3) is 0 Å². The van der Waals surface area contributed by atoms with E-state index in [1.165, 1.54) is 0 Å². The van der Waals surface area contributed by atoms with Crippen LogP contribution in [-0.4, -0.2) is 36.9 Å². The Morgan fingerprint density at radius 1 is 1.35 bits per heavy atom. The lowest BCUT2D eigenvalue weighted by Crippen LogP contribution is -2.44. The van der Waals surface area contributed by atoms with Gasteiger partial charge in [-0.1, -0.05) is 6.07 Å². The first kappa shape index (κ1) is 17.4. The van der Waals surface area contributed by atoms with Crippen molar-refractivity contribution < 1.29 is 14.3 Å². The molecule has 23 heavy (non-hydrogen) atoms. The van der Waals surface area contributed by atoms with E-state index in [1.807, 2.05) is 45.0 Å². The van der Waals surface area contributed by atoms with Crippen LogP contribution in [0.15, 0.2) is 24.3 Å². The van der Waals surface area contributed by atoms with E-state index in [2.05, 4.69) is 10.6 Å². The SMILES string of the molecule is CC(C)(C)OC(=O)NCCOc1cccc(NC2CC(N)C2)c1. The zero-order chi connectivity index (χ0) is 16.9. The highest BCUT2D eigenvalue weighted by Gasteiger charge is 2.25. The van der Waals surface area contributed by atoms with Gasteiger partial charge in [0, 0.05) is 23.8 Å². The standard InChI is InChI=1S/C17H27N3O3/c1-17(2,3)23-16(21)19-7-8-22-15-6-4-5-13(11-15)20-14-9-12(18)10-14/h4-6,11-12,14,20H,7-10,18H2,1-3H3,(H,19,21). The van der Waals surface area contributed by atoms with Crippen molar-refractivity contribution in [2.24, 2.45) is 5.73 Å². The molecule has 0 spiro atoms. The minimum atomic E-state index is -0.491. The highest BCUT2D eigenvalue weighted by Crippen LogP contribution is 2.24. The second-order valence-corrected chi connectivity index (χ2v) is 6.88. The normalized spacial score (nSPS) is 20.3. The van der Waals surface area contributed by atoms with E-state index in [0.29, 0.717) is 25.2 Å². The molecule has 128 valence electrons. The Hall–Kier alpha value is -1.95. The summed E-state index contributed by atoms with van der Waals surface area (Å²) in [6, 6.07) is 8.58. The summed E-state index contributed by atoms with van der Waals surface area (Å²) in [6.45, 7) is 6.27. The summed E-state index contributed by atoms with van der Waals surface area (Å²) in [5, 5.41) is 6.10. The van der Waals surface area contributed by atoms with Crippen LogP contribution in [0.4, 0.5) is 10.5 Å². The van der Waals surface area contributed by atoms with Gasteiger partial charge in [0.05, 0.1) is 6.54 Å². The molecule has 1 aliphatic rings. The molecule has 4 N–H and O–H groups in total. The van der Waals surface area contributed by atoms with Crippen LogP contribution in [-0.2, 0) is 4.74 Å². The van der Waals surface area contributed by atoms with Crippen LogP contribution < -0.4 is 21.1 Å². The van der Waals surface area contributed by atoms with Crippen molar-refractivity contribution >= 4 is 11.8 Å². The Labute approximate surface area is 137 Å². The predicted molar refractivity (Wildman–Crippen MR) is 90.8 cm³/mol. The number of anilines is 1. The average molecular weight is 321 g/mol. The molecule has 0 unspecified atom stereocenters. The highest BCUT2D eigenvalue weighted by molar-refractivity contribution is 5.67. The van der Waals surface area contributed by atoms with Crippen LogP contribution in [0.1, 0.15) is 33.6 Å². The van der Waals surface area contributed by atoms with E-state index in [9.17, 15) is 4.79 Å². The molecule has 1 amide bonds. The van der Waals surface area contributed by atoms with Crippen molar-refractivity contribution in [3.63, 3.8) is 0 Å². The summed E-state index contributed by atoms with van der Waals surface area (Å²) in [6.07, 6.45) is 1.58. The van der Waals surface area contributed by atoms with Crippen LogP contribution >= 0.6 is 0 Å². The number of hydrogen-bond acceptors (Lipinski definition) is 5. The number of ether oxygens (including phenoxy) is 2. The minimum Gasteiger partial charge on any atom is -0.492 e. The lowest BCUT2D eigenvalue weighted by atomic mass is 9.87. The molecule has 6 nitrogen and oxygen atoms in total. The van der Waals surface area contributed by atoms with Gasteiger partial charge in [0.25, 0.3) is 0 Å². The molecular formula is C17H27N3O3. The fraction of sp³-hybridized carbons (Fsp3) is 0.588. The first-order valence-electron chi connectivity index (χ1n) is 8.04. The molecule has 0 saturated heterocycles. The van der Waals surface area contributed by atoms with Crippen LogP contribution in [0.2, 0.25) is 0 Å². The highest BCUT2D eigenvalue weighted by atomic mass is 16.6. The summed E-state index contributed by atoms with van der Waals surface area (Å²) in [7, 11) is 0. The molecule has 1 saturated carbocycles. The number of hydrogen-bond donors (Lipinski definition) is 3. The maximum atomic E-state index is 11.5. The maximum absolute atomic E-state index is 11.5. The number of nitrogens with one attached hydrogen (secondary N) is 2. The van der Waals surface area contributed by atoms with E-state index in [0.717, 1.165) is 24.3 Å². The maximum Gasteiger partial charge on any atom is 0.407 e. The van der Waals surface area contributed by atoms with Gasteiger partial charge in [0.15, 0.2) is 0 Å². The lowest BCUT2D eigenvalue weighted by Gasteiger charge is -2.33. The third-order valence-corrected chi connectivity index (χ3v) is 3.42. The van der Waals surface area contributed by atoms with Gasteiger partial charge in [-0.2, -0.15) is 0 Å². The topological polar surface area (TPSA) is 85.6 Å². The molecule has 0 atom stereocenters. The Balaban J connectivity index is 1.68. The molecule has 1 aliphatic carbocycles. The van der Waals surface area contributed by atoms with Crippen LogP contribution in [0.5, 0.6) is 5.75 Å². The molecular weight excluding hydrogens is 294 g/mol. The number of nitrogens with two attached hydrogens (primary N) is 1. The van der Waals surface area contributed by atoms with Gasteiger partial charge in [-0.25, -0.2) is 4.79 Å². The van der Waals surface area contributed by atoms with Gasteiger partial charge >= 0.3 is 6.09 Å². The van der Waals surface area contributed by atoms with Gasteiger partial charge in [-0.3, -0.25) is 0 Å². The number of rotatable bonds is 6. The molecule has 0 bridgehead atoms. The monoisotopic (exact) mass is 321 g/mol. The first-order chi connectivity index (χ1) is 10.8. The second kappa shape index (κ2) is 7.55. The Morgan fingerprint density at radius 3 is 2.74 bits per heavy atom. The summed E-state index contributed by atoms with van der Waals surface area (Å²) in [5.41, 5.74) is 6.32. The quantitative estimate of drug-likeness (QED) is 0.701. The third-order valence-electron chi connectivity index (χ3n) is 3.42. The molecule has 2 rings (SSSR count). The van der Waals surface area contributed by atoms with Gasteiger partial charge in [-0.15, -0.1) is 0 Å². The van der Waals surface area contributed by atoms with E-state index < -0.39 is 11.7 Å². The zero-order valence-corrected chi connectivity index (χ0v) is 14.1. The molecule has 0 aliphatic heterocycles. The number of carbonyl (C=O) groups excluding carboxylic acids is 1. The van der Waals surface area contributed by atoms with Crippen LogP contribution in [0, 0.1) is 0 Å². The molecule has 1 fully saturated rings. The zero-order valence-electron chi connectivity index (χ0n) is 14.1. The molecule has 1 aromatic rings. The fourth-order valence-electron chi connectivity index (χ4n) is 2.33. The van der Waals surface area contributed by atoms with E-state index >= 15 is 0 Å². The van der Waals surface area contributed by atoms with E-state index in [-0.39, 0.29) is 0 Å². The lowest BCUT2D eigenvalue weighted by molar-refractivity contribution is 0.0520. The van der Waals surface area contributed by atoms with Crippen molar-refractivity contribution in [1.82, 2.24) is 5.32 Å². The van der Waals surface area contributed by atoms with Crippen molar-refractivity contribution in [3.05, 3.63) is 24.3 Å². The molecule has 1 aromatic carbocycles. The Kier molecular flexibility index (Phi) is 5.71. The molecule has 6 heteroatoms. The summed E-state index contributed by atoms with van der Waals surface area (Å²) < 4.78 is 10.8.